The molecule has 2 aromatic carbocycles. The Bertz CT molecular complexity index is 1010. The number of anilines is 3. The highest BCUT2D eigenvalue weighted by molar-refractivity contribution is 6.31. The molecule has 5 nitrogen and oxygen atoms in total. The number of aromatic nitrogens is 2. The SMILES string of the molecule is Cc1cc(C(=O)Nc2cc(Cl)ccc2C)nc(Nc2c(F)cccc2F)n1. The summed E-state index contributed by atoms with van der Waals surface area (Å²) in [4.78, 5) is 20.7. The third-order valence-corrected chi connectivity index (χ3v) is 3.97. The van der Waals surface area contributed by atoms with E-state index in [0.717, 1.165) is 17.7 Å². The number of nitrogens with one attached hydrogen (secondary N) is 2. The summed E-state index contributed by atoms with van der Waals surface area (Å²) in [6.07, 6.45) is 0. The number of carbonyl (C=O) groups is 1. The molecule has 8 heteroatoms. The van der Waals surface area contributed by atoms with E-state index in [1.165, 1.54) is 12.1 Å². The van der Waals surface area contributed by atoms with E-state index in [1.807, 2.05) is 6.92 Å². The topological polar surface area (TPSA) is 66.9 Å². The van der Waals surface area contributed by atoms with Gasteiger partial charge >= 0.3 is 0 Å². The maximum atomic E-state index is 13.8. The maximum absolute atomic E-state index is 13.8. The van der Waals surface area contributed by atoms with Gasteiger partial charge in [-0.3, -0.25) is 4.79 Å². The van der Waals surface area contributed by atoms with Gasteiger partial charge in [0.05, 0.1) is 0 Å². The summed E-state index contributed by atoms with van der Waals surface area (Å²) in [5.41, 5.74) is 1.47. The quantitative estimate of drug-likeness (QED) is 0.658. The average Bonchev–Trinajstić information content (AvgIpc) is 2.61. The van der Waals surface area contributed by atoms with Gasteiger partial charge in [0.1, 0.15) is 23.0 Å². The van der Waals surface area contributed by atoms with Crippen molar-refractivity contribution in [1.29, 1.82) is 0 Å². The van der Waals surface area contributed by atoms with Crippen molar-refractivity contribution in [3.8, 4) is 0 Å². The van der Waals surface area contributed by atoms with Gasteiger partial charge in [0, 0.05) is 16.4 Å². The molecule has 0 aliphatic heterocycles. The van der Waals surface area contributed by atoms with E-state index in [2.05, 4.69) is 20.6 Å². The van der Waals surface area contributed by atoms with Crippen molar-refractivity contribution >= 4 is 34.8 Å². The molecule has 2 N–H and O–H groups in total. The number of rotatable bonds is 4. The molecule has 0 saturated carbocycles. The van der Waals surface area contributed by atoms with Gasteiger partial charge < -0.3 is 10.6 Å². The van der Waals surface area contributed by atoms with Gasteiger partial charge in [-0.05, 0) is 49.7 Å². The Morgan fingerprint density at radius 3 is 2.44 bits per heavy atom. The zero-order valence-corrected chi connectivity index (χ0v) is 15.2. The van der Waals surface area contributed by atoms with E-state index in [4.69, 9.17) is 11.6 Å². The highest BCUT2D eigenvalue weighted by atomic mass is 35.5. The summed E-state index contributed by atoms with van der Waals surface area (Å²) in [5.74, 6) is -2.17. The largest absolute Gasteiger partial charge is 0.320 e. The molecule has 0 radical (unpaired) electrons. The fourth-order valence-corrected chi connectivity index (χ4v) is 2.56. The zero-order chi connectivity index (χ0) is 19.6. The van der Waals surface area contributed by atoms with Crippen molar-refractivity contribution < 1.29 is 13.6 Å². The van der Waals surface area contributed by atoms with Gasteiger partial charge in [-0.2, -0.15) is 0 Å². The van der Waals surface area contributed by atoms with Crippen LogP contribution in [0.3, 0.4) is 0 Å². The second kappa shape index (κ2) is 7.67. The van der Waals surface area contributed by atoms with E-state index < -0.39 is 17.5 Å². The fraction of sp³-hybridized carbons (Fsp3) is 0.105. The first-order valence-corrected chi connectivity index (χ1v) is 8.35. The van der Waals surface area contributed by atoms with Gasteiger partial charge in [0.2, 0.25) is 5.95 Å². The van der Waals surface area contributed by atoms with Crippen molar-refractivity contribution in [2.24, 2.45) is 0 Å². The first kappa shape index (κ1) is 18.7. The number of hydrogen-bond acceptors (Lipinski definition) is 4. The molecule has 3 rings (SSSR count). The van der Waals surface area contributed by atoms with E-state index in [1.54, 1.807) is 25.1 Å². The predicted molar refractivity (Wildman–Crippen MR) is 101 cm³/mol. The molecule has 0 saturated heterocycles. The normalized spacial score (nSPS) is 10.6. The molecule has 3 aromatic rings. The summed E-state index contributed by atoms with van der Waals surface area (Å²) in [5, 5.41) is 5.69. The fourth-order valence-electron chi connectivity index (χ4n) is 2.39. The first-order chi connectivity index (χ1) is 12.8. The second-order valence-corrected chi connectivity index (χ2v) is 6.29. The molecule has 0 spiro atoms. The molecule has 1 amide bonds. The minimum absolute atomic E-state index is 0.0427. The third kappa shape index (κ3) is 4.38. The lowest BCUT2D eigenvalue weighted by Crippen LogP contribution is -2.16. The van der Waals surface area contributed by atoms with E-state index in [0.29, 0.717) is 16.4 Å². The van der Waals surface area contributed by atoms with Crippen molar-refractivity contribution in [2.45, 2.75) is 13.8 Å². The number of halogens is 3. The number of para-hydroxylation sites is 1. The van der Waals surface area contributed by atoms with Crippen LogP contribution < -0.4 is 10.6 Å². The van der Waals surface area contributed by atoms with Crippen LogP contribution in [0, 0.1) is 25.5 Å². The van der Waals surface area contributed by atoms with Gasteiger partial charge in [-0.25, -0.2) is 18.7 Å². The van der Waals surface area contributed by atoms with E-state index in [9.17, 15) is 13.6 Å². The number of hydrogen-bond donors (Lipinski definition) is 2. The van der Waals surface area contributed by atoms with Gasteiger partial charge in [-0.15, -0.1) is 0 Å². The standard InChI is InChI=1S/C19H15ClF2N4O/c1-10-6-7-12(20)9-15(10)24-18(27)16-8-11(2)23-19(25-16)26-17-13(21)4-3-5-14(17)22/h3-9H,1-2H3,(H,24,27)(H,23,25,26). The Balaban J connectivity index is 1.89. The Labute approximate surface area is 159 Å². The highest BCUT2D eigenvalue weighted by Gasteiger charge is 2.15. The summed E-state index contributed by atoms with van der Waals surface area (Å²) >= 11 is 5.96. The molecule has 0 atom stereocenters. The first-order valence-electron chi connectivity index (χ1n) is 7.97. The Hall–Kier alpha value is -3.06. The molecule has 1 heterocycles. The molecule has 138 valence electrons. The zero-order valence-electron chi connectivity index (χ0n) is 14.5. The maximum Gasteiger partial charge on any atom is 0.274 e. The lowest BCUT2D eigenvalue weighted by Gasteiger charge is -2.11. The molecular weight excluding hydrogens is 374 g/mol. The lowest BCUT2D eigenvalue weighted by molar-refractivity contribution is 0.102. The minimum atomic E-state index is -0.791. The molecule has 0 unspecified atom stereocenters. The van der Waals surface area contributed by atoms with Crippen LogP contribution >= 0.6 is 11.6 Å². The molecule has 0 fully saturated rings. The van der Waals surface area contributed by atoms with Crippen LogP contribution in [-0.2, 0) is 0 Å². The average molecular weight is 389 g/mol. The highest BCUT2D eigenvalue weighted by Crippen LogP contribution is 2.23. The number of amides is 1. The Kier molecular flexibility index (Phi) is 5.32. The molecular formula is C19H15ClF2N4O. The van der Waals surface area contributed by atoms with Gasteiger partial charge in [-0.1, -0.05) is 23.7 Å². The van der Waals surface area contributed by atoms with Crippen LogP contribution in [0.5, 0.6) is 0 Å². The van der Waals surface area contributed by atoms with Gasteiger partial charge in [0.15, 0.2) is 0 Å². The Morgan fingerprint density at radius 2 is 1.74 bits per heavy atom. The van der Waals surface area contributed by atoms with Crippen molar-refractivity contribution in [1.82, 2.24) is 9.97 Å². The van der Waals surface area contributed by atoms with Crippen LogP contribution in [0.15, 0.2) is 42.5 Å². The van der Waals surface area contributed by atoms with Gasteiger partial charge in [0.25, 0.3) is 5.91 Å². The van der Waals surface area contributed by atoms with Crippen molar-refractivity contribution in [2.75, 3.05) is 10.6 Å². The number of benzene rings is 2. The number of carbonyl (C=O) groups excluding carboxylic acids is 1. The molecule has 1 aromatic heterocycles. The molecule has 0 aliphatic rings. The summed E-state index contributed by atoms with van der Waals surface area (Å²) in [6.45, 7) is 3.47. The van der Waals surface area contributed by atoms with Crippen LogP contribution in [0.2, 0.25) is 5.02 Å². The summed E-state index contributed by atoms with van der Waals surface area (Å²) in [7, 11) is 0. The van der Waals surface area contributed by atoms with E-state index >= 15 is 0 Å². The summed E-state index contributed by atoms with van der Waals surface area (Å²) < 4.78 is 27.6. The van der Waals surface area contributed by atoms with E-state index in [-0.39, 0.29) is 17.3 Å². The predicted octanol–water partition coefficient (Wildman–Crippen LogP) is 5.02. The number of nitrogens with zero attached hydrogens (tertiary/aromatic N) is 2. The second-order valence-electron chi connectivity index (χ2n) is 5.85. The van der Waals surface area contributed by atoms with Crippen molar-refractivity contribution in [3.05, 3.63) is 76.1 Å². The Morgan fingerprint density at radius 1 is 1.04 bits per heavy atom. The van der Waals surface area contributed by atoms with Crippen LogP contribution in [0.25, 0.3) is 0 Å². The van der Waals surface area contributed by atoms with Crippen LogP contribution in [0.4, 0.5) is 26.1 Å². The molecule has 0 bridgehead atoms. The summed E-state index contributed by atoms with van der Waals surface area (Å²) in [6, 6.07) is 10.0. The third-order valence-electron chi connectivity index (χ3n) is 3.73. The van der Waals surface area contributed by atoms with Crippen LogP contribution in [0.1, 0.15) is 21.7 Å². The lowest BCUT2D eigenvalue weighted by atomic mass is 10.2. The molecule has 0 aliphatic carbocycles. The number of aryl methyl sites for hydroxylation is 2. The minimum Gasteiger partial charge on any atom is -0.320 e. The van der Waals surface area contributed by atoms with Crippen LogP contribution in [-0.4, -0.2) is 15.9 Å². The smallest absolute Gasteiger partial charge is 0.274 e. The van der Waals surface area contributed by atoms with Crippen molar-refractivity contribution in [3.63, 3.8) is 0 Å². The molecule has 27 heavy (non-hydrogen) atoms. The monoisotopic (exact) mass is 388 g/mol.